The summed E-state index contributed by atoms with van der Waals surface area (Å²) in [4.78, 5) is 16.2. The third-order valence-electron chi connectivity index (χ3n) is 5.26. The number of aliphatic imine (C=N–C) groups is 1. The molecule has 138 valence electrons. The molecule has 0 aromatic carbocycles. The lowest BCUT2D eigenvalue weighted by Crippen LogP contribution is -2.46. The molecule has 0 saturated carbocycles. The topological polar surface area (TPSA) is 47.0 Å². The van der Waals surface area contributed by atoms with Gasteiger partial charge in [-0.3, -0.25) is 4.99 Å². The number of guanidine groups is 1. The smallest absolute Gasteiger partial charge is 0.193 e. The molecular weight excluding hydrogens is 312 g/mol. The van der Waals surface area contributed by atoms with Gasteiger partial charge in [0, 0.05) is 59.1 Å². The van der Waals surface area contributed by atoms with Crippen LogP contribution in [0.2, 0.25) is 0 Å². The van der Waals surface area contributed by atoms with Crippen molar-refractivity contribution in [2.24, 2.45) is 10.9 Å². The van der Waals surface area contributed by atoms with Gasteiger partial charge in [-0.15, -0.1) is 0 Å². The second-order valence-corrected chi connectivity index (χ2v) is 7.41. The van der Waals surface area contributed by atoms with E-state index in [0.717, 1.165) is 63.5 Å². The molecule has 1 unspecified atom stereocenters. The van der Waals surface area contributed by atoms with Crippen LogP contribution >= 0.6 is 0 Å². The molecule has 25 heavy (non-hydrogen) atoms. The fourth-order valence-electron chi connectivity index (χ4n) is 3.64. The van der Waals surface area contributed by atoms with E-state index in [2.05, 4.69) is 56.1 Å². The van der Waals surface area contributed by atoms with E-state index in [0.29, 0.717) is 0 Å². The zero-order chi connectivity index (χ0) is 17.6. The molecule has 2 saturated heterocycles. The van der Waals surface area contributed by atoms with Crippen LogP contribution in [-0.4, -0.2) is 74.1 Å². The van der Waals surface area contributed by atoms with E-state index in [1.165, 1.54) is 18.4 Å². The van der Waals surface area contributed by atoms with Gasteiger partial charge in [0.1, 0.15) is 5.82 Å². The van der Waals surface area contributed by atoms with Crippen molar-refractivity contribution in [1.29, 1.82) is 0 Å². The van der Waals surface area contributed by atoms with Crippen LogP contribution in [0.4, 0.5) is 5.82 Å². The summed E-state index contributed by atoms with van der Waals surface area (Å²) in [5.74, 6) is 2.85. The quantitative estimate of drug-likeness (QED) is 0.667. The Hall–Kier alpha value is -1.82. The van der Waals surface area contributed by atoms with Crippen molar-refractivity contribution < 1.29 is 0 Å². The molecule has 0 spiro atoms. The molecule has 1 aromatic rings. The molecule has 1 N–H and O–H groups in total. The SMILES string of the molecule is CN=C(NCc1ccc(N2CCN(C)CC2)nc1)N1CCCC(C)C1. The van der Waals surface area contributed by atoms with Crippen molar-refractivity contribution in [3.63, 3.8) is 0 Å². The van der Waals surface area contributed by atoms with E-state index in [9.17, 15) is 0 Å². The highest BCUT2D eigenvalue weighted by Crippen LogP contribution is 2.16. The molecular formula is C19H32N6. The summed E-state index contributed by atoms with van der Waals surface area (Å²) in [7, 11) is 4.05. The van der Waals surface area contributed by atoms with Gasteiger partial charge in [-0.05, 0) is 37.4 Å². The predicted octanol–water partition coefficient (Wildman–Crippen LogP) is 1.64. The lowest BCUT2D eigenvalue weighted by molar-refractivity contribution is 0.266. The molecule has 0 radical (unpaired) electrons. The molecule has 1 aromatic heterocycles. The number of likely N-dealkylation sites (N-methyl/N-ethyl adjacent to an activating group) is 1. The normalized spacial score (nSPS) is 23.0. The van der Waals surface area contributed by atoms with Crippen molar-refractivity contribution in [2.75, 3.05) is 58.3 Å². The Kier molecular flexibility index (Phi) is 6.13. The first-order chi connectivity index (χ1) is 12.2. The Labute approximate surface area is 151 Å². The van der Waals surface area contributed by atoms with Gasteiger partial charge in [0.05, 0.1) is 0 Å². The largest absolute Gasteiger partial charge is 0.354 e. The first-order valence-electron chi connectivity index (χ1n) is 9.49. The number of anilines is 1. The lowest BCUT2D eigenvalue weighted by atomic mass is 10.0. The van der Waals surface area contributed by atoms with E-state index in [1.807, 2.05) is 13.2 Å². The van der Waals surface area contributed by atoms with E-state index in [1.54, 1.807) is 0 Å². The zero-order valence-corrected chi connectivity index (χ0v) is 15.9. The third kappa shape index (κ3) is 4.84. The number of likely N-dealkylation sites (tertiary alicyclic amines) is 1. The number of hydrogen-bond acceptors (Lipinski definition) is 4. The number of rotatable bonds is 3. The molecule has 0 bridgehead atoms. The maximum atomic E-state index is 4.67. The summed E-state index contributed by atoms with van der Waals surface area (Å²) in [5.41, 5.74) is 1.20. The van der Waals surface area contributed by atoms with Gasteiger partial charge in [0.2, 0.25) is 0 Å². The Morgan fingerprint density at radius 2 is 2.04 bits per heavy atom. The first kappa shape index (κ1) is 18.0. The van der Waals surface area contributed by atoms with Gasteiger partial charge in [-0.25, -0.2) is 4.98 Å². The van der Waals surface area contributed by atoms with Gasteiger partial charge >= 0.3 is 0 Å². The average molecular weight is 345 g/mol. The van der Waals surface area contributed by atoms with Crippen molar-refractivity contribution in [3.05, 3.63) is 23.9 Å². The zero-order valence-electron chi connectivity index (χ0n) is 15.9. The number of piperidine rings is 1. The van der Waals surface area contributed by atoms with Crippen LogP contribution < -0.4 is 10.2 Å². The van der Waals surface area contributed by atoms with Crippen molar-refractivity contribution in [1.82, 2.24) is 20.1 Å². The van der Waals surface area contributed by atoms with Gasteiger partial charge in [0.25, 0.3) is 0 Å². The standard InChI is InChI=1S/C19H32N6/c1-16-5-4-8-25(15-16)19(20-2)22-14-17-6-7-18(21-13-17)24-11-9-23(3)10-12-24/h6-7,13,16H,4-5,8-12,14-15H2,1-3H3,(H,20,22). The van der Waals surface area contributed by atoms with Crippen LogP contribution in [0.1, 0.15) is 25.3 Å². The summed E-state index contributed by atoms with van der Waals surface area (Å²) in [6, 6.07) is 4.33. The summed E-state index contributed by atoms with van der Waals surface area (Å²) >= 11 is 0. The fourth-order valence-corrected chi connectivity index (χ4v) is 3.64. The number of aromatic nitrogens is 1. The van der Waals surface area contributed by atoms with Gasteiger partial charge in [-0.1, -0.05) is 13.0 Å². The molecule has 0 amide bonds. The fraction of sp³-hybridized carbons (Fsp3) is 0.684. The van der Waals surface area contributed by atoms with Crippen LogP contribution in [0.3, 0.4) is 0 Å². The van der Waals surface area contributed by atoms with Crippen LogP contribution in [-0.2, 0) is 6.54 Å². The highest BCUT2D eigenvalue weighted by Gasteiger charge is 2.19. The van der Waals surface area contributed by atoms with E-state index in [-0.39, 0.29) is 0 Å². The summed E-state index contributed by atoms with van der Waals surface area (Å²) in [6.07, 6.45) is 4.57. The Bertz CT molecular complexity index is 562. The minimum absolute atomic E-state index is 0.747. The number of piperazine rings is 1. The minimum Gasteiger partial charge on any atom is -0.354 e. The van der Waals surface area contributed by atoms with Crippen LogP contribution in [0.5, 0.6) is 0 Å². The molecule has 6 heteroatoms. The average Bonchev–Trinajstić information content (AvgIpc) is 2.64. The van der Waals surface area contributed by atoms with Gasteiger partial charge < -0.3 is 20.0 Å². The second-order valence-electron chi connectivity index (χ2n) is 7.41. The first-order valence-corrected chi connectivity index (χ1v) is 9.49. The van der Waals surface area contributed by atoms with Crippen molar-refractivity contribution in [3.8, 4) is 0 Å². The van der Waals surface area contributed by atoms with Crippen LogP contribution in [0, 0.1) is 5.92 Å². The van der Waals surface area contributed by atoms with Crippen molar-refractivity contribution >= 4 is 11.8 Å². The van der Waals surface area contributed by atoms with Crippen LogP contribution in [0.15, 0.2) is 23.3 Å². The third-order valence-corrected chi connectivity index (χ3v) is 5.26. The number of pyridine rings is 1. The molecule has 2 fully saturated rings. The summed E-state index contributed by atoms with van der Waals surface area (Å²) < 4.78 is 0. The molecule has 3 rings (SSSR count). The van der Waals surface area contributed by atoms with E-state index >= 15 is 0 Å². The maximum absolute atomic E-state index is 4.67. The molecule has 2 aliphatic heterocycles. The van der Waals surface area contributed by atoms with Crippen molar-refractivity contribution in [2.45, 2.75) is 26.3 Å². The molecule has 0 aliphatic carbocycles. The predicted molar refractivity (Wildman–Crippen MR) is 104 cm³/mol. The van der Waals surface area contributed by atoms with Gasteiger partial charge in [-0.2, -0.15) is 0 Å². The van der Waals surface area contributed by atoms with Gasteiger partial charge in [0.15, 0.2) is 5.96 Å². The molecule has 1 atom stereocenters. The highest BCUT2D eigenvalue weighted by atomic mass is 15.3. The molecule has 6 nitrogen and oxygen atoms in total. The number of nitrogens with zero attached hydrogens (tertiary/aromatic N) is 5. The monoisotopic (exact) mass is 344 g/mol. The van der Waals surface area contributed by atoms with Crippen LogP contribution in [0.25, 0.3) is 0 Å². The minimum atomic E-state index is 0.747. The lowest BCUT2D eigenvalue weighted by Gasteiger charge is -2.33. The molecule has 2 aliphatic rings. The Morgan fingerprint density at radius 1 is 1.24 bits per heavy atom. The Balaban J connectivity index is 1.52. The molecule has 3 heterocycles. The summed E-state index contributed by atoms with van der Waals surface area (Å²) in [6.45, 7) is 9.62. The Morgan fingerprint density at radius 3 is 2.68 bits per heavy atom. The number of hydrogen-bond donors (Lipinski definition) is 1. The second kappa shape index (κ2) is 8.52. The number of nitrogens with one attached hydrogen (secondary N) is 1. The highest BCUT2D eigenvalue weighted by molar-refractivity contribution is 5.80. The van der Waals surface area contributed by atoms with E-state index < -0.39 is 0 Å². The summed E-state index contributed by atoms with van der Waals surface area (Å²) in [5, 5.41) is 3.50. The maximum Gasteiger partial charge on any atom is 0.193 e. The van der Waals surface area contributed by atoms with E-state index in [4.69, 9.17) is 0 Å².